The fourth-order valence-electron chi connectivity index (χ4n) is 2.59. The second kappa shape index (κ2) is 10.8. The van der Waals surface area contributed by atoms with E-state index in [2.05, 4.69) is 15.4 Å². The topological polar surface area (TPSA) is 123 Å². The van der Waals surface area contributed by atoms with Gasteiger partial charge in [0.05, 0.1) is 12.0 Å². The molecule has 0 heterocycles. The van der Waals surface area contributed by atoms with Crippen LogP contribution < -0.4 is 24.8 Å². The first-order chi connectivity index (χ1) is 14.7. The van der Waals surface area contributed by atoms with Crippen molar-refractivity contribution >= 4 is 27.5 Å². The Hall–Kier alpha value is -3.11. The predicted octanol–water partition coefficient (Wildman–Crippen LogP) is 1.76. The summed E-state index contributed by atoms with van der Waals surface area (Å²) in [6.07, 6.45) is 0. The van der Waals surface area contributed by atoms with Crippen LogP contribution in [0.2, 0.25) is 0 Å². The minimum Gasteiger partial charge on any atom is -0.497 e. The third-order valence-electron chi connectivity index (χ3n) is 4.35. The Balaban J connectivity index is 2.12. The van der Waals surface area contributed by atoms with Crippen LogP contribution in [-0.2, 0) is 19.6 Å². The van der Waals surface area contributed by atoms with E-state index in [4.69, 9.17) is 9.47 Å². The molecule has 0 saturated heterocycles. The molecule has 0 radical (unpaired) electrons. The number of rotatable bonds is 10. The summed E-state index contributed by atoms with van der Waals surface area (Å²) in [5, 5.41) is 5.14. The van der Waals surface area contributed by atoms with Crippen LogP contribution in [0.25, 0.3) is 0 Å². The molecule has 0 spiro atoms. The molecule has 31 heavy (non-hydrogen) atoms. The van der Waals surface area contributed by atoms with E-state index < -0.39 is 22.0 Å². The molecule has 0 bridgehead atoms. The summed E-state index contributed by atoms with van der Waals surface area (Å²) in [7, 11) is -0.945. The fraction of sp³-hybridized carbons (Fsp3) is 0.333. The van der Waals surface area contributed by atoms with Gasteiger partial charge in [0.1, 0.15) is 17.5 Å². The molecule has 168 valence electrons. The number of amides is 2. The van der Waals surface area contributed by atoms with E-state index in [1.165, 1.54) is 38.4 Å². The first-order valence-corrected chi connectivity index (χ1v) is 11.0. The van der Waals surface area contributed by atoms with Gasteiger partial charge in [-0.1, -0.05) is 19.9 Å². The molecular formula is C21H27N3O6S. The summed E-state index contributed by atoms with van der Waals surface area (Å²) in [4.78, 5) is 24.2. The van der Waals surface area contributed by atoms with Gasteiger partial charge in [0.25, 0.3) is 5.91 Å². The zero-order chi connectivity index (χ0) is 23.0. The lowest BCUT2D eigenvalue weighted by atomic mass is 10.0. The van der Waals surface area contributed by atoms with E-state index in [9.17, 15) is 18.0 Å². The lowest BCUT2D eigenvalue weighted by molar-refractivity contribution is -0.122. The molecule has 2 amide bonds. The highest BCUT2D eigenvalue weighted by Gasteiger charge is 2.28. The van der Waals surface area contributed by atoms with Gasteiger partial charge in [-0.3, -0.25) is 9.59 Å². The van der Waals surface area contributed by atoms with Crippen molar-refractivity contribution in [2.75, 3.05) is 26.1 Å². The molecule has 2 aromatic carbocycles. The highest BCUT2D eigenvalue weighted by molar-refractivity contribution is 7.89. The Bertz CT molecular complexity index is 1010. The Kier molecular flexibility index (Phi) is 8.40. The zero-order valence-corrected chi connectivity index (χ0v) is 18.7. The molecule has 0 unspecified atom stereocenters. The molecular weight excluding hydrogens is 422 g/mol. The number of hydrogen-bond acceptors (Lipinski definition) is 6. The second-order valence-electron chi connectivity index (χ2n) is 7.00. The lowest BCUT2D eigenvalue weighted by Gasteiger charge is -2.22. The van der Waals surface area contributed by atoms with E-state index in [0.717, 1.165) is 0 Å². The summed E-state index contributed by atoms with van der Waals surface area (Å²) in [6.45, 7) is 3.32. The maximum absolute atomic E-state index is 12.8. The number of methoxy groups -OCH3 is 1. The minimum absolute atomic E-state index is 0.0244. The van der Waals surface area contributed by atoms with Crippen LogP contribution in [0.4, 0.5) is 5.69 Å². The minimum atomic E-state index is -3.93. The van der Waals surface area contributed by atoms with Crippen LogP contribution in [0.15, 0.2) is 53.4 Å². The number of likely N-dealkylation sites (N-methyl/N-ethyl adjacent to an activating group) is 1. The van der Waals surface area contributed by atoms with Crippen molar-refractivity contribution in [1.29, 1.82) is 0 Å². The molecule has 0 fully saturated rings. The number of anilines is 1. The normalized spacial score (nSPS) is 12.2. The average molecular weight is 450 g/mol. The summed E-state index contributed by atoms with van der Waals surface area (Å²) in [5.74, 6) is -0.213. The fourth-order valence-corrected chi connectivity index (χ4v) is 3.93. The van der Waals surface area contributed by atoms with E-state index in [0.29, 0.717) is 17.2 Å². The van der Waals surface area contributed by atoms with Gasteiger partial charge in [-0.2, -0.15) is 4.72 Å². The van der Waals surface area contributed by atoms with E-state index in [1.54, 1.807) is 38.1 Å². The van der Waals surface area contributed by atoms with Crippen molar-refractivity contribution in [2.24, 2.45) is 5.92 Å². The number of carbonyl (C=O) groups is 2. The van der Waals surface area contributed by atoms with Crippen molar-refractivity contribution in [2.45, 2.75) is 24.8 Å². The molecule has 3 N–H and O–H groups in total. The molecule has 10 heteroatoms. The van der Waals surface area contributed by atoms with Crippen molar-refractivity contribution in [3.05, 3.63) is 48.5 Å². The van der Waals surface area contributed by atoms with Gasteiger partial charge in [0.15, 0.2) is 6.61 Å². The molecule has 0 aliphatic rings. The standard InChI is InChI=1S/C21H27N3O6S/c1-14(2)20(24-31(27,28)18-10-8-16(29-4)9-11-18)21(26)23-15-6-5-7-17(12-15)30-13-19(25)22-3/h5-12,14,20,24H,13H2,1-4H3,(H,22,25)(H,23,26)/t20-/m0/s1. The maximum Gasteiger partial charge on any atom is 0.257 e. The van der Waals surface area contributed by atoms with Gasteiger partial charge in [0.2, 0.25) is 15.9 Å². The summed E-state index contributed by atoms with van der Waals surface area (Å²) >= 11 is 0. The summed E-state index contributed by atoms with van der Waals surface area (Å²) < 4.78 is 38.4. The SMILES string of the molecule is CNC(=O)COc1cccc(NC(=O)[C@@H](NS(=O)(=O)c2ccc(OC)cc2)C(C)C)c1. The number of carbonyl (C=O) groups excluding carboxylic acids is 2. The number of nitrogens with one attached hydrogen (secondary N) is 3. The van der Waals surface area contributed by atoms with Crippen LogP contribution in [0.1, 0.15) is 13.8 Å². The van der Waals surface area contributed by atoms with Gasteiger partial charge in [0, 0.05) is 18.8 Å². The summed E-state index contributed by atoms with van der Waals surface area (Å²) in [6, 6.07) is 11.4. The van der Waals surface area contributed by atoms with Crippen LogP contribution in [0.5, 0.6) is 11.5 Å². The molecule has 2 aromatic rings. The van der Waals surface area contributed by atoms with Gasteiger partial charge < -0.3 is 20.1 Å². The molecule has 0 aliphatic heterocycles. The lowest BCUT2D eigenvalue weighted by Crippen LogP contribution is -2.47. The van der Waals surface area contributed by atoms with Crippen molar-refractivity contribution in [1.82, 2.24) is 10.0 Å². The quantitative estimate of drug-likeness (QED) is 0.508. The van der Waals surface area contributed by atoms with E-state index in [1.807, 2.05) is 0 Å². The monoisotopic (exact) mass is 449 g/mol. The highest BCUT2D eigenvalue weighted by atomic mass is 32.2. The van der Waals surface area contributed by atoms with Gasteiger partial charge >= 0.3 is 0 Å². The van der Waals surface area contributed by atoms with E-state index in [-0.39, 0.29) is 23.3 Å². The molecule has 0 aromatic heterocycles. The van der Waals surface area contributed by atoms with Crippen LogP contribution in [0.3, 0.4) is 0 Å². The molecule has 0 saturated carbocycles. The third kappa shape index (κ3) is 6.97. The van der Waals surface area contributed by atoms with Gasteiger partial charge in [-0.15, -0.1) is 0 Å². The van der Waals surface area contributed by atoms with Crippen LogP contribution in [-0.4, -0.2) is 47.0 Å². The van der Waals surface area contributed by atoms with Crippen molar-refractivity contribution in [3.8, 4) is 11.5 Å². The first kappa shape index (κ1) is 24.2. The molecule has 0 aliphatic carbocycles. The Morgan fingerprint density at radius 3 is 2.29 bits per heavy atom. The Morgan fingerprint density at radius 2 is 1.71 bits per heavy atom. The average Bonchev–Trinajstić information content (AvgIpc) is 2.75. The Labute approximate surface area is 182 Å². The number of hydrogen-bond donors (Lipinski definition) is 3. The molecule has 9 nitrogen and oxygen atoms in total. The van der Waals surface area contributed by atoms with Crippen molar-refractivity contribution in [3.63, 3.8) is 0 Å². The number of sulfonamides is 1. The molecule has 1 atom stereocenters. The largest absolute Gasteiger partial charge is 0.497 e. The highest BCUT2D eigenvalue weighted by Crippen LogP contribution is 2.20. The van der Waals surface area contributed by atoms with Crippen LogP contribution in [0, 0.1) is 5.92 Å². The van der Waals surface area contributed by atoms with Gasteiger partial charge in [-0.05, 0) is 42.3 Å². The van der Waals surface area contributed by atoms with E-state index >= 15 is 0 Å². The zero-order valence-electron chi connectivity index (χ0n) is 17.8. The van der Waals surface area contributed by atoms with Crippen molar-refractivity contribution < 1.29 is 27.5 Å². The smallest absolute Gasteiger partial charge is 0.257 e. The Morgan fingerprint density at radius 1 is 1.03 bits per heavy atom. The third-order valence-corrected chi connectivity index (χ3v) is 5.81. The maximum atomic E-state index is 12.8. The number of ether oxygens (including phenoxy) is 2. The first-order valence-electron chi connectivity index (χ1n) is 9.57. The molecule has 2 rings (SSSR count). The second-order valence-corrected chi connectivity index (χ2v) is 8.71. The predicted molar refractivity (Wildman–Crippen MR) is 117 cm³/mol. The van der Waals surface area contributed by atoms with Crippen LogP contribution >= 0.6 is 0 Å². The number of benzene rings is 2. The van der Waals surface area contributed by atoms with Gasteiger partial charge in [-0.25, -0.2) is 8.42 Å². The summed E-state index contributed by atoms with van der Waals surface area (Å²) in [5.41, 5.74) is 0.411.